The average molecular weight is 472 g/mol. The van der Waals surface area contributed by atoms with Crippen LogP contribution >= 0.6 is 0 Å². The maximum atomic E-state index is 11.1. The molecule has 2 aromatic rings. The Morgan fingerprint density at radius 1 is 1.24 bits per heavy atom. The van der Waals surface area contributed by atoms with Crippen LogP contribution in [0.4, 0.5) is 0 Å². The molecule has 0 unspecified atom stereocenters. The standard InChI is InChI=1S/C21H25N7O4S/c1-18(14-22)2-5-20(8-9-26-10-12-31-13-11-26)28(27-16-24-25-17-27)15-19-3-6-21(7-4-19)32-33(23,29)30/h2-9,16-17H,10-13,15H2,1H3,(H2,23,29,30)/b9-8+,18-2+,20-5+. The molecule has 3 rings (SSSR count). The van der Waals surface area contributed by atoms with Gasteiger partial charge in [0.05, 0.1) is 31.5 Å². The molecule has 1 aromatic heterocycles. The van der Waals surface area contributed by atoms with Gasteiger partial charge in [-0.25, -0.2) is 4.68 Å². The van der Waals surface area contributed by atoms with E-state index in [0.29, 0.717) is 25.3 Å². The van der Waals surface area contributed by atoms with Crippen molar-refractivity contribution in [2.45, 2.75) is 13.5 Å². The molecule has 0 radical (unpaired) electrons. The first kappa shape index (κ1) is 24.0. The lowest BCUT2D eigenvalue weighted by Crippen LogP contribution is -2.34. The van der Waals surface area contributed by atoms with E-state index in [0.717, 1.165) is 24.4 Å². The fraction of sp³-hybridized carbons (Fsp3) is 0.286. The Hall–Kier alpha value is -3.66. The van der Waals surface area contributed by atoms with E-state index in [1.807, 2.05) is 23.4 Å². The van der Waals surface area contributed by atoms with Crippen molar-refractivity contribution in [1.29, 1.82) is 5.26 Å². The minimum Gasteiger partial charge on any atom is -0.378 e. The summed E-state index contributed by atoms with van der Waals surface area (Å²) in [5.74, 6) is 0.118. The summed E-state index contributed by atoms with van der Waals surface area (Å²) in [5, 5.41) is 23.8. The molecule has 1 aliphatic heterocycles. The first-order valence-electron chi connectivity index (χ1n) is 10.1. The van der Waals surface area contributed by atoms with Crippen LogP contribution in [0.15, 0.2) is 72.6 Å². The van der Waals surface area contributed by atoms with E-state index < -0.39 is 10.3 Å². The van der Waals surface area contributed by atoms with E-state index in [4.69, 9.17) is 19.3 Å². The van der Waals surface area contributed by atoms with Crippen molar-refractivity contribution in [3.63, 3.8) is 0 Å². The molecule has 1 fully saturated rings. The number of nitriles is 1. The summed E-state index contributed by atoms with van der Waals surface area (Å²) in [6, 6.07) is 8.63. The highest BCUT2D eigenvalue weighted by molar-refractivity contribution is 7.84. The number of nitrogens with two attached hydrogens (primary N) is 1. The number of allylic oxidation sites excluding steroid dienone is 4. The fourth-order valence-corrected chi connectivity index (χ4v) is 3.35. The second kappa shape index (κ2) is 11.3. The summed E-state index contributed by atoms with van der Waals surface area (Å²) < 4.78 is 34.1. The van der Waals surface area contributed by atoms with Crippen LogP contribution in [0, 0.1) is 11.3 Å². The van der Waals surface area contributed by atoms with Gasteiger partial charge >= 0.3 is 10.3 Å². The van der Waals surface area contributed by atoms with Crippen LogP contribution in [0.25, 0.3) is 0 Å². The molecule has 1 saturated heterocycles. The molecule has 33 heavy (non-hydrogen) atoms. The van der Waals surface area contributed by atoms with Gasteiger partial charge in [-0.2, -0.15) is 18.8 Å². The van der Waals surface area contributed by atoms with Crippen LogP contribution in [0.2, 0.25) is 0 Å². The van der Waals surface area contributed by atoms with Crippen LogP contribution in [-0.2, 0) is 21.6 Å². The molecule has 2 N–H and O–H groups in total. The van der Waals surface area contributed by atoms with Gasteiger partial charge in [-0.3, -0.25) is 5.01 Å². The summed E-state index contributed by atoms with van der Waals surface area (Å²) in [7, 11) is -4.09. The number of hydrogen-bond donors (Lipinski definition) is 1. The second-order valence-corrected chi connectivity index (χ2v) is 8.29. The number of benzene rings is 1. The zero-order valence-corrected chi connectivity index (χ0v) is 18.9. The maximum absolute atomic E-state index is 11.1. The smallest absolute Gasteiger partial charge is 0.378 e. The first-order chi connectivity index (χ1) is 15.8. The maximum Gasteiger partial charge on any atom is 0.380 e. The van der Waals surface area contributed by atoms with Gasteiger partial charge in [0.15, 0.2) is 0 Å². The van der Waals surface area contributed by atoms with Gasteiger partial charge in [0.2, 0.25) is 0 Å². The molecule has 1 aliphatic rings. The molecule has 0 amide bonds. The number of aromatic nitrogens is 3. The average Bonchev–Trinajstić information content (AvgIpc) is 3.33. The minimum atomic E-state index is -4.09. The number of ether oxygens (including phenoxy) is 1. The molecule has 1 aromatic carbocycles. The number of hydrogen-bond acceptors (Lipinski definition) is 9. The molecule has 12 heteroatoms. The largest absolute Gasteiger partial charge is 0.380 e. The molecule has 0 bridgehead atoms. The van der Waals surface area contributed by atoms with E-state index in [-0.39, 0.29) is 5.75 Å². The third kappa shape index (κ3) is 7.76. The Morgan fingerprint density at radius 3 is 2.52 bits per heavy atom. The Labute approximate surface area is 192 Å². The molecule has 2 heterocycles. The fourth-order valence-electron chi connectivity index (χ4n) is 2.97. The van der Waals surface area contributed by atoms with Crippen LogP contribution < -0.4 is 14.3 Å². The van der Waals surface area contributed by atoms with E-state index in [9.17, 15) is 8.42 Å². The van der Waals surface area contributed by atoms with Gasteiger partial charge in [0.25, 0.3) is 0 Å². The monoisotopic (exact) mass is 471 g/mol. The third-order valence-electron chi connectivity index (χ3n) is 4.63. The Morgan fingerprint density at radius 2 is 1.91 bits per heavy atom. The highest BCUT2D eigenvalue weighted by Gasteiger charge is 2.13. The van der Waals surface area contributed by atoms with Gasteiger partial charge in [-0.05, 0) is 42.8 Å². The second-order valence-electron chi connectivity index (χ2n) is 7.14. The molecule has 0 spiro atoms. The van der Waals surface area contributed by atoms with Crippen molar-refractivity contribution in [3.05, 3.63) is 78.2 Å². The van der Waals surface area contributed by atoms with E-state index in [1.165, 1.54) is 12.1 Å². The highest BCUT2D eigenvalue weighted by atomic mass is 32.2. The highest BCUT2D eigenvalue weighted by Crippen LogP contribution is 2.17. The molecule has 0 saturated carbocycles. The lowest BCUT2D eigenvalue weighted by molar-refractivity contribution is 0.0594. The minimum absolute atomic E-state index is 0.118. The summed E-state index contributed by atoms with van der Waals surface area (Å²) in [4.78, 5) is 2.15. The van der Waals surface area contributed by atoms with Crippen molar-refractivity contribution in [2.75, 3.05) is 31.3 Å². The molecular formula is C21H25N7O4S. The number of nitrogens with zero attached hydrogens (tertiary/aromatic N) is 6. The predicted octanol–water partition coefficient (Wildman–Crippen LogP) is 1.20. The number of rotatable bonds is 9. The van der Waals surface area contributed by atoms with Gasteiger partial charge in [-0.1, -0.05) is 12.1 Å². The third-order valence-corrected chi connectivity index (χ3v) is 5.06. The predicted molar refractivity (Wildman–Crippen MR) is 121 cm³/mol. The molecule has 0 atom stereocenters. The van der Waals surface area contributed by atoms with Crippen molar-refractivity contribution in [2.24, 2.45) is 5.14 Å². The van der Waals surface area contributed by atoms with Gasteiger partial charge < -0.3 is 13.8 Å². The Kier molecular flexibility index (Phi) is 8.20. The number of morpholine rings is 1. The van der Waals surface area contributed by atoms with E-state index in [2.05, 4.69) is 21.2 Å². The van der Waals surface area contributed by atoms with Crippen LogP contribution in [-0.4, -0.2) is 54.5 Å². The summed E-state index contributed by atoms with van der Waals surface area (Å²) in [5.41, 5.74) is 2.19. The molecule has 11 nitrogen and oxygen atoms in total. The Bertz CT molecular complexity index is 1140. The van der Waals surface area contributed by atoms with Crippen molar-refractivity contribution < 1.29 is 17.3 Å². The SMILES string of the molecule is C\C(C#N)=C/C=C(\C=C\N1CCOCC1)N(Cc1ccc(OS(N)(=O)=O)cc1)n1cnnc1. The van der Waals surface area contributed by atoms with Gasteiger partial charge in [-0.15, -0.1) is 10.2 Å². The van der Waals surface area contributed by atoms with Crippen LogP contribution in [0.3, 0.4) is 0 Å². The zero-order valence-electron chi connectivity index (χ0n) is 18.1. The van der Waals surface area contributed by atoms with Gasteiger partial charge in [0, 0.05) is 24.9 Å². The van der Waals surface area contributed by atoms with Crippen molar-refractivity contribution in [1.82, 2.24) is 19.8 Å². The van der Waals surface area contributed by atoms with Crippen LogP contribution in [0.5, 0.6) is 5.75 Å². The zero-order chi connectivity index (χ0) is 23.7. The first-order valence-corrected chi connectivity index (χ1v) is 11.5. The van der Waals surface area contributed by atoms with Crippen LogP contribution in [0.1, 0.15) is 12.5 Å². The van der Waals surface area contributed by atoms with Crippen molar-refractivity contribution >= 4 is 10.3 Å². The quantitative estimate of drug-likeness (QED) is 0.422. The topological polar surface area (TPSA) is 140 Å². The van der Waals surface area contributed by atoms with Gasteiger partial charge in [0.1, 0.15) is 18.4 Å². The summed E-state index contributed by atoms with van der Waals surface area (Å²) >= 11 is 0. The summed E-state index contributed by atoms with van der Waals surface area (Å²) in [6.45, 7) is 5.03. The Balaban J connectivity index is 1.91. The summed E-state index contributed by atoms with van der Waals surface area (Å²) in [6.07, 6.45) is 10.6. The van der Waals surface area contributed by atoms with Crippen molar-refractivity contribution in [3.8, 4) is 11.8 Å². The molecule has 174 valence electrons. The van der Waals surface area contributed by atoms with E-state index in [1.54, 1.807) is 42.5 Å². The lowest BCUT2D eigenvalue weighted by Gasteiger charge is -2.28. The normalized spacial score (nSPS) is 15.5. The lowest BCUT2D eigenvalue weighted by atomic mass is 10.2. The molecular weight excluding hydrogens is 446 g/mol. The van der Waals surface area contributed by atoms with E-state index >= 15 is 0 Å². The molecule has 0 aliphatic carbocycles.